The summed E-state index contributed by atoms with van der Waals surface area (Å²) >= 11 is 2.36. The smallest absolute Gasteiger partial charge is 0.162 e. The number of hydrogen-bond acceptors (Lipinski definition) is 4. The monoisotopic (exact) mass is 403 g/mol. The second kappa shape index (κ2) is 6.36. The molecule has 0 radical (unpaired) electrons. The van der Waals surface area contributed by atoms with Crippen LogP contribution in [-0.4, -0.2) is 23.6 Å². The van der Waals surface area contributed by atoms with Crippen molar-refractivity contribution in [2.24, 2.45) is 0 Å². The number of rotatable bonds is 5. The number of halogens is 1. The van der Waals surface area contributed by atoms with Gasteiger partial charge in [0, 0.05) is 19.1 Å². The lowest BCUT2D eigenvalue weighted by atomic mass is 9.79. The van der Waals surface area contributed by atoms with Crippen molar-refractivity contribution >= 4 is 28.4 Å². The second-order valence-corrected chi connectivity index (χ2v) is 7.87. The highest BCUT2D eigenvalue weighted by atomic mass is 127. The molecule has 1 aliphatic carbocycles. The van der Waals surface area contributed by atoms with Gasteiger partial charge in [0.25, 0.3) is 0 Å². The van der Waals surface area contributed by atoms with E-state index in [0.717, 1.165) is 46.7 Å². The molecule has 0 saturated heterocycles. The lowest BCUT2D eigenvalue weighted by Crippen LogP contribution is -2.39. The van der Waals surface area contributed by atoms with Gasteiger partial charge in [-0.3, -0.25) is 0 Å². The Bertz CT molecular complexity index is 501. The van der Waals surface area contributed by atoms with Crippen LogP contribution in [0, 0.1) is 3.57 Å². The molecule has 0 atom stereocenters. The molecule has 0 spiro atoms. The predicted molar refractivity (Wildman–Crippen MR) is 94.8 cm³/mol. The highest BCUT2D eigenvalue weighted by Gasteiger charge is 2.43. The molecule has 21 heavy (non-hydrogen) atoms. The summed E-state index contributed by atoms with van der Waals surface area (Å²) in [5.74, 6) is 1.80. The van der Waals surface area contributed by atoms with Gasteiger partial charge in [-0.25, -0.2) is 9.97 Å². The average molecular weight is 403 g/mol. The van der Waals surface area contributed by atoms with E-state index in [4.69, 9.17) is 14.7 Å². The van der Waals surface area contributed by atoms with Crippen LogP contribution in [0.2, 0.25) is 0 Å². The normalized spacial score (nSPS) is 17.4. The summed E-state index contributed by atoms with van der Waals surface area (Å²) in [6.07, 6.45) is 4.29. The van der Waals surface area contributed by atoms with Crippen LogP contribution in [0.4, 0.5) is 5.82 Å². The maximum atomic E-state index is 5.77. The third kappa shape index (κ3) is 3.33. The minimum atomic E-state index is -0.271. The van der Waals surface area contributed by atoms with Gasteiger partial charge in [0.05, 0.1) is 9.26 Å². The largest absolute Gasteiger partial charge is 0.370 e. The van der Waals surface area contributed by atoms with Crippen molar-refractivity contribution < 1.29 is 4.74 Å². The van der Waals surface area contributed by atoms with Crippen LogP contribution in [0.5, 0.6) is 0 Å². The van der Waals surface area contributed by atoms with Crippen molar-refractivity contribution in [1.29, 1.82) is 0 Å². The summed E-state index contributed by atoms with van der Waals surface area (Å²) in [7, 11) is 1.77. The lowest BCUT2D eigenvalue weighted by Gasteiger charge is -2.39. The number of anilines is 1. The predicted octanol–water partition coefficient (Wildman–Crippen LogP) is 4.23. The highest BCUT2D eigenvalue weighted by molar-refractivity contribution is 14.1. The fourth-order valence-electron chi connectivity index (χ4n) is 2.53. The zero-order chi connectivity index (χ0) is 15.7. The Morgan fingerprint density at radius 1 is 1.29 bits per heavy atom. The van der Waals surface area contributed by atoms with Crippen molar-refractivity contribution in [2.45, 2.75) is 64.4 Å². The van der Waals surface area contributed by atoms with Gasteiger partial charge in [0.15, 0.2) is 5.82 Å². The molecule has 2 rings (SSSR count). The molecule has 0 aromatic carbocycles. The Kier molecular flexibility index (Phi) is 5.13. The molecule has 0 bridgehead atoms. The highest BCUT2D eigenvalue weighted by Crippen LogP contribution is 2.44. The SMILES string of the molecule is CCCNc1nc(C2(OC)CCC2)nc(C(C)(C)C)c1I. The van der Waals surface area contributed by atoms with E-state index in [0.29, 0.717) is 0 Å². The number of hydrogen-bond donors (Lipinski definition) is 1. The molecule has 1 N–H and O–H groups in total. The van der Waals surface area contributed by atoms with E-state index < -0.39 is 0 Å². The second-order valence-electron chi connectivity index (χ2n) is 6.79. The Balaban J connectivity index is 2.51. The summed E-state index contributed by atoms with van der Waals surface area (Å²) in [6.45, 7) is 9.69. The number of ether oxygens (including phenoxy) is 1. The molecule has 1 aliphatic rings. The van der Waals surface area contributed by atoms with Crippen molar-refractivity contribution in [3.8, 4) is 0 Å². The maximum absolute atomic E-state index is 5.77. The van der Waals surface area contributed by atoms with E-state index in [1.165, 1.54) is 6.42 Å². The Labute approximate surface area is 141 Å². The quantitative estimate of drug-likeness (QED) is 0.748. The molecule has 1 saturated carbocycles. The van der Waals surface area contributed by atoms with Gasteiger partial charge in [-0.05, 0) is 48.3 Å². The minimum absolute atomic E-state index is 0.00443. The number of methoxy groups -OCH3 is 1. The van der Waals surface area contributed by atoms with Gasteiger partial charge in [-0.1, -0.05) is 27.7 Å². The number of nitrogens with one attached hydrogen (secondary N) is 1. The van der Waals surface area contributed by atoms with E-state index in [1.54, 1.807) is 7.11 Å². The van der Waals surface area contributed by atoms with Crippen LogP contribution in [0.15, 0.2) is 0 Å². The molecule has 5 heteroatoms. The molecular formula is C16H26IN3O. The zero-order valence-electron chi connectivity index (χ0n) is 13.7. The minimum Gasteiger partial charge on any atom is -0.370 e. The topological polar surface area (TPSA) is 47.0 Å². The first-order valence-corrected chi connectivity index (χ1v) is 8.79. The van der Waals surface area contributed by atoms with E-state index in [1.807, 2.05) is 0 Å². The summed E-state index contributed by atoms with van der Waals surface area (Å²) in [4.78, 5) is 9.69. The van der Waals surface area contributed by atoms with Gasteiger partial charge < -0.3 is 10.1 Å². The Morgan fingerprint density at radius 2 is 1.95 bits per heavy atom. The first kappa shape index (κ1) is 16.9. The first-order valence-electron chi connectivity index (χ1n) is 7.71. The molecule has 0 amide bonds. The van der Waals surface area contributed by atoms with Crippen LogP contribution in [-0.2, 0) is 15.8 Å². The van der Waals surface area contributed by atoms with Gasteiger partial charge >= 0.3 is 0 Å². The summed E-state index contributed by atoms with van der Waals surface area (Å²) in [6, 6.07) is 0. The van der Waals surface area contributed by atoms with Gasteiger partial charge in [0.2, 0.25) is 0 Å². The molecule has 1 fully saturated rings. The molecule has 0 unspecified atom stereocenters. The maximum Gasteiger partial charge on any atom is 0.162 e. The molecule has 1 aromatic heterocycles. The third-order valence-corrected chi connectivity index (χ3v) is 5.09. The van der Waals surface area contributed by atoms with Crippen molar-refractivity contribution in [3.63, 3.8) is 0 Å². The van der Waals surface area contributed by atoms with Gasteiger partial charge in [-0.15, -0.1) is 0 Å². The van der Waals surface area contributed by atoms with E-state index in [9.17, 15) is 0 Å². The van der Waals surface area contributed by atoms with Crippen LogP contribution < -0.4 is 5.32 Å². The van der Waals surface area contributed by atoms with Gasteiger partial charge in [0.1, 0.15) is 11.4 Å². The summed E-state index contributed by atoms with van der Waals surface area (Å²) in [5, 5.41) is 3.45. The van der Waals surface area contributed by atoms with Crippen LogP contribution in [0.3, 0.4) is 0 Å². The summed E-state index contributed by atoms with van der Waals surface area (Å²) < 4.78 is 6.90. The molecule has 1 heterocycles. The fourth-order valence-corrected chi connectivity index (χ4v) is 3.77. The van der Waals surface area contributed by atoms with Crippen molar-refractivity contribution in [1.82, 2.24) is 9.97 Å². The van der Waals surface area contributed by atoms with Crippen molar-refractivity contribution in [2.75, 3.05) is 19.0 Å². The van der Waals surface area contributed by atoms with E-state index in [-0.39, 0.29) is 11.0 Å². The van der Waals surface area contributed by atoms with Crippen LogP contribution in [0.25, 0.3) is 0 Å². The average Bonchev–Trinajstić information content (AvgIpc) is 2.36. The number of aromatic nitrogens is 2. The van der Waals surface area contributed by atoms with E-state index in [2.05, 4.69) is 55.6 Å². The summed E-state index contributed by atoms with van der Waals surface area (Å²) in [5.41, 5.74) is 0.831. The molecule has 118 valence electrons. The molecule has 4 nitrogen and oxygen atoms in total. The lowest BCUT2D eigenvalue weighted by molar-refractivity contribution is -0.0848. The standard InChI is InChI=1S/C16H26IN3O/c1-6-10-18-13-11(17)12(15(2,3)4)19-14(20-13)16(21-5)8-7-9-16/h6-10H2,1-5H3,(H,18,19,20). The Morgan fingerprint density at radius 3 is 2.38 bits per heavy atom. The molecular weight excluding hydrogens is 377 g/mol. The Hall–Kier alpha value is -0.430. The van der Waals surface area contributed by atoms with Crippen LogP contribution in [0.1, 0.15) is 64.9 Å². The fraction of sp³-hybridized carbons (Fsp3) is 0.750. The molecule has 1 aromatic rings. The third-order valence-electron chi connectivity index (χ3n) is 4.06. The van der Waals surface area contributed by atoms with Crippen molar-refractivity contribution in [3.05, 3.63) is 15.1 Å². The molecule has 0 aliphatic heterocycles. The van der Waals surface area contributed by atoms with Crippen LogP contribution >= 0.6 is 22.6 Å². The first-order chi connectivity index (χ1) is 9.84. The van der Waals surface area contributed by atoms with E-state index >= 15 is 0 Å². The van der Waals surface area contributed by atoms with Gasteiger partial charge in [-0.2, -0.15) is 0 Å². The number of nitrogens with zero attached hydrogens (tertiary/aromatic N) is 2. The zero-order valence-corrected chi connectivity index (χ0v) is 15.9.